The Balaban J connectivity index is 3.97. The molecule has 0 radical (unpaired) electrons. The molecule has 0 fully saturated rings. The fraction of sp³-hybridized carbons (Fsp3) is 0.727. The SMILES string of the molecule is CC/C=C(\CCC(C)C)C(C)=O. The summed E-state index contributed by atoms with van der Waals surface area (Å²) in [6.07, 6.45) is 5.07. The molecule has 0 amide bonds. The summed E-state index contributed by atoms with van der Waals surface area (Å²) in [7, 11) is 0. The Hall–Kier alpha value is -0.590. The van der Waals surface area contributed by atoms with Crippen LogP contribution >= 0.6 is 0 Å². The van der Waals surface area contributed by atoms with Crippen molar-refractivity contribution >= 4 is 5.78 Å². The maximum Gasteiger partial charge on any atom is 0.155 e. The van der Waals surface area contributed by atoms with E-state index in [2.05, 4.69) is 20.8 Å². The third-order valence-electron chi connectivity index (χ3n) is 1.89. The maximum atomic E-state index is 11.1. The second kappa shape index (κ2) is 5.99. The van der Waals surface area contributed by atoms with Gasteiger partial charge in [-0.1, -0.05) is 26.8 Å². The molecular weight excluding hydrogens is 148 g/mol. The summed E-state index contributed by atoms with van der Waals surface area (Å²) in [5.74, 6) is 0.919. The van der Waals surface area contributed by atoms with Crippen LogP contribution in [0.4, 0.5) is 0 Å². The first-order valence-corrected chi connectivity index (χ1v) is 4.77. The number of rotatable bonds is 5. The Morgan fingerprint density at radius 2 is 2.00 bits per heavy atom. The third-order valence-corrected chi connectivity index (χ3v) is 1.89. The summed E-state index contributed by atoms with van der Waals surface area (Å²) < 4.78 is 0. The minimum atomic E-state index is 0.234. The first-order chi connectivity index (χ1) is 5.57. The van der Waals surface area contributed by atoms with E-state index < -0.39 is 0 Å². The molecule has 0 rings (SSSR count). The van der Waals surface area contributed by atoms with Crippen LogP contribution in [0.5, 0.6) is 0 Å². The average Bonchev–Trinajstić information content (AvgIpc) is 1.96. The van der Waals surface area contributed by atoms with Gasteiger partial charge in [0.15, 0.2) is 5.78 Å². The highest BCUT2D eigenvalue weighted by Crippen LogP contribution is 2.12. The zero-order valence-corrected chi connectivity index (χ0v) is 8.68. The Kier molecular flexibility index (Phi) is 5.69. The number of carbonyl (C=O) groups is 1. The highest BCUT2D eigenvalue weighted by atomic mass is 16.1. The van der Waals surface area contributed by atoms with Crippen molar-refractivity contribution in [3.63, 3.8) is 0 Å². The number of hydrogen-bond acceptors (Lipinski definition) is 1. The summed E-state index contributed by atoms with van der Waals surface area (Å²) in [4.78, 5) is 11.1. The van der Waals surface area contributed by atoms with Gasteiger partial charge in [-0.25, -0.2) is 0 Å². The van der Waals surface area contributed by atoms with Gasteiger partial charge in [0.2, 0.25) is 0 Å². The van der Waals surface area contributed by atoms with E-state index in [1.165, 1.54) is 0 Å². The second-order valence-corrected chi connectivity index (χ2v) is 3.63. The molecule has 1 nitrogen and oxygen atoms in total. The first-order valence-electron chi connectivity index (χ1n) is 4.77. The van der Waals surface area contributed by atoms with E-state index in [-0.39, 0.29) is 5.78 Å². The topological polar surface area (TPSA) is 17.1 Å². The molecule has 0 spiro atoms. The Bertz CT molecular complexity index is 166. The van der Waals surface area contributed by atoms with Gasteiger partial charge in [0.05, 0.1) is 0 Å². The van der Waals surface area contributed by atoms with Crippen LogP contribution in [0.3, 0.4) is 0 Å². The molecule has 0 N–H and O–H groups in total. The molecule has 0 aliphatic carbocycles. The molecule has 0 heterocycles. The predicted octanol–water partition coefficient (Wildman–Crippen LogP) is 3.35. The number of ketones is 1. The molecule has 0 atom stereocenters. The van der Waals surface area contributed by atoms with Crippen LogP contribution in [0.1, 0.15) is 47.0 Å². The van der Waals surface area contributed by atoms with Crippen molar-refractivity contribution in [2.45, 2.75) is 47.0 Å². The van der Waals surface area contributed by atoms with Gasteiger partial charge in [-0.15, -0.1) is 0 Å². The molecular formula is C11H20O. The fourth-order valence-corrected chi connectivity index (χ4v) is 1.11. The van der Waals surface area contributed by atoms with Gasteiger partial charge in [-0.3, -0.25) is 4.79 Å². The van der Waals surface area contributed by atoms with E-state index in [4.69, 9.17) is 0 Å². The summed E-state index contributed by atoms with van der Waals surface area (Å²) in [5, 5.41) is 0. The number of hydrogen-bond donors (Lipinski definition) is 0. The Morgan fingerprint density at radius 1 is 1.42 bits per heavy atom. The van der Waals surface area contributed by atoms with Gasteiger partial charge in [-0.2, -0.15) is 0 Å². The van der Waals surface area contributed by atoms with Gasteiger partial charge in [0, 0.05) is 0 Å². The highest BCUT2D eigenvalue weighted by Gasteiger charge is 2.03. The summed E-state index contributed by atoms with van der Waals surface area (Å²) in [6.45, 7) is 8.09. The molecule has 0 aliphatic rings. The number of carbonyl (C=O) groups excluding carboxylic acids is 1. The second-order valence-electron chi connectivity index (χ2n) is 3.63. The molecule has 0 aliphatic heterocycles. The van der Waals surface area contributed by atoms with Crippen LogP contribution in [0, 0.1) is 5.92 Å². The van der Waals surface area contributed by atoms with Crippen LogP contribution < -0.4 is 0 Å². The van der Waals surface area contributed by atoms with Gasteiger partial charge in [0.1, 0.15) is 0 Å². The van der Waals surface area contributed by atoms with E-state index in [1.54, 1.807) is 6.92 Å². The van der Waals surface area contributed by atoms with Gasteiger partial charge < -0.3 is 0 Å². The molecule has 0 unspecified atom stereocenters. The number of Topliss-reactive ketones (excluding diaryl/α,β-unsaturated/α-hetero) is 1. The van der Waals surface area contributed by atoms with Crippen molar-refractivity contribution in [1.29, 1.82) is 0 Å². The minimum Gasteiger partial charge on any atom is -0.295 e. The van der Waals surface area contributed by atoms with Crippen molar-refractivity contribution < 1.29 is 4.79 Å². The molecule has 0 aromatic rings. The van der Waals surface area contributed by atoms with Crippen molar-refractivity contribution in [1.82, 2.24) is 0 Å². The smallest absolute Gasteiger partial charge is 0.155 e. The van der Waals surface area contributed by atoms with Crippen LogP contribution in [-0.2, 0) is 4.79 Å². The van der Waals surface area contributed by atoms with Crippen LogP contribution in [0.15, 0.2) is 11.6 Å². The molecule has 0 saturated carbocycles. The largest absolute Gasteiger partial charge is 0.295 e. The number of allylic oxidation sites excluding steroid dienone is 2. The van der Waals surface area contributed by atoms with E-state index in [0.717, 1.165) is 24.8 Å². The third kappa shape index (κ3) is 5.11. The lowest BCUT2D eigenvalue weighted by molar-refractivity contribution is -0.113. The highest BCUT2D eigenvalue weighted by molar-refractivity contribution is 5.93. The first kappa shape index (κ1) is 11.4. The fourth-order valence-electron chi connectivity index (χ4n) is 1.11. The summed E-state index contributed by atoms with van der Waals surface area (Å²) >= 11 is 0. The predicted molar refractivity (Wildman–Crippen MR) is 53.1 cm³/mol. The van der Waals surface area contributed by atoms with E-state index in [9.17, 15) is 4.79 Å². The Morgan fingerprint density at radius 3 is 2.33 bits per heavy atom. The average molecular weight is 168 g/mol. The van der Waals surface area contributed by atoms with Crippen LogP contribution in [0.25, 0.3) is 0 Å². The molecule has 12 heavy (non-hydrogen) atoms. The maximum absolute atomic E-state index is 11.1. The van der Waals surface area contributed by atoms with Crippen LogP contribution in [-0.4, -0.2) is 5.78 Å². The quantitative estimate of drug-likeness (QED) is 0.575. The van der Waals surface area contributed by atoms with E-state index >= 15 is 0 Å². The molecule has 0 bridgehead atoms. The molecule has 0 saturated heterocycles. The lowest BCUT2D eigenvalue weighted by Gasteiger charge is -2.05. The lowest BCUT2D eigenvalue weighted by atomic mass is 10.00. The van der Waals surface area contributed by atoms with Crippen LogP contribution in [0.2, 0.25) is 0 Å². The van der Waals surface area contributed by atoms with Gasteiger partial charge >= 0.3 is 0 Å². The molecule has 0 aromatic heterocycles. The summed E-state index contributed by atoms with van der Waals surface area (Å²) in [5.41, 5.74) is 1.01. The summed E-state index contributed by atoms with van der Waals surface area (Å²) in [6, 6.07) is 0. The van der Waals surface area contributed by atoms with Crippen molar-refractivity contribution in [3.05, 3.63) is 11.6 Å². The van der Waals surface area contributed by atoms with E-state index in [0.29, 0.717) is 5.92 Å². The zero-order valence-electron chi connectivity index (χ0n) is 8.68. The minimum absolute atomic E-state index is 0.234. The van der Waals surface area contributed by atoms with Crippen molar-refractivity contribution in [2.24, 2.45) is 5.92 Å². The van der Waals surface area contributed by atoms with Crippen molar-refractivity contribution in [3.8, 4) is 0 Å². The van der Waals surface area contributed by atoms with Crippen molar-refractivity contribution in [2.75, 3.05) is 0 Å². The molecule has 70 valence electrons. The monoisotopic (exact) mass is 168 g/mol. The molecule has 1 heteroatoms. The van der Waals surface area contributed by atoms with E-state index in [1.807, 2.05) is 6.08 Å². The zero-order chi connectivity index (χ0) is 9.56. The Labute approximate surface area is 75.9 Å². The normalized spacial score (nSPS) is 12.2. The molecule has 0 aromatic carbocycles. The van der Waals surface area contributed by atoms with Gasteiger partial charge in [-0.05, 0) is 37.7 Å². The van der Waals surface area contributed by atoms with Gasteiger partial charge in [0.25, 0.3) is 0 Å². The lowest BCUT2D eigenvalue weighted by Crippen LogP contribution is -1.99. The standard InChI is InChI=1S/C11H20O/c1-5-6-11(10(4)12)8-7-9(2)3/h6,9H,5,7-8H2,1-4H3/b11-6+.